The Balaban J connectivity index is 2.10. The molecule has 17 heavy (non-hydrogen) atoms. The molecule has 3 nitrogen and oxygen atoms in total. The molecule has 1 aliphatic rings. The van der Waals surface area contributed by atoms with E-state index in [1.54, 1.807) is 0 Å². The normalized spacial score (nSPS) is 20.6. The first-order chi connectivity index (χ1) is 8.16. The molecule has 0 aromatic heterocycles. The first-order valence-electron chi connectivity index (χ1n) is 5.66. The number of amides is 1. The Morgan fingerprint density at radius 3 is 3.00 bits per heavy atom. The minimum atomic E-state index is -0.117. The molecule has 0 saturated carbocycles. The summed E-state index contributed by atoms with van der Waals surface area (Å²) in [7, 11) is 0. The van der Waals surface area contributed by atoms with Gasteiger partial charge in [0, 0.05) is 20.3 Å². The van der Waals surface area contributed by atoms with Gasteiger partial charge in [-0.05, 0) is 76.0 Å². The van der Waals surface area contributed by atoms with Crippen molar-refractivity contribution >= 4 is 50.1 Å². The third kappa shape index (κ3) is 3.58. The molecule has 0 aliphatic carbocycles. The molecular formula is C12H14BrIN2O. The third-order valence-corrected chi connectivity index (χ3v) is 4.12. The van der Waals surface area contributed by atoms with Gasteiger partial charge in [0.05, 0.1) is 0 Å². The van der Waals surface area contributed by atoms with Crippen LogP contribution in [0.2, 0.25) is 0 Å². The second-order valence-corrected chi connectivity index (χ2v) is 6.21. The maximum atomic E-state index is 11.8. The van der Waals surface area contributed by atoms with Crippen molar-refractivity contribution in [2.75, 3.05) is 11.9 Å². The molecule has 1 aromatic carbocycles. The predicted octanol–water partition coefficient (Wildman–Crippen LogP) is 3.13. The summed E-state index contributed by atoms with van der Waals surface area (Å²) in [5.74, 6) is 0.105. The quantitative estimate of drug-likeness (QED) is 0.738. The van der Waals surface area contributed by atoms with E-state index < -0.39 is 0 Å². The molecule has 1 aromatic rings. The molecule has 92 valence electrons. The van der Waals surface area contributed by atoms with E-state index >= 15 is 0 Å². The standard InChI is InChI=1S/C12H14BrIN2O/c13-9-7-8(14)4-5-10(9)16-11-3-1-2-6-15-12(11)17/h4-5,7,11,16H,1-3,6H2,(H,15,17). The van der Waals surface area contributed by atoms with Gasteiger partial charge >= 0.3 is 0 Å². The molecule has 1 heterocycles. The van der Waals surface area contributed by atoms with Crippen molar-refractivity contribution in [2.45, 2.75) is 25.3 Å². The maximum Gasteiger partial charge on any atom is 0.242 e. The lowest BCUT2D eigenvalue weighted by Gasteiger charge is -2.17. The van der Waals surface area contributed by atoms with E-state index in [4.69, 9.17) is 0 Å². The van der Waals surface area contributed by atoms with Crippen molar-refractivity contribution in [2.24, 2.45) is 0 Å². The molecule has 1 unspecified atom stereocenters. The Morgan fingerprint density at radius 1 is 1.41 bits per heavy atom. The minimum absolute atomic E-state index is 0.105. The van der Waals surface area contributed by atoms with Crippen LogP contribution in [0, 0.1) is 3.57 Å². The summed E-state index contributed by atoms with van der Waals surface area (Å²) < 4.78 is 2.17. The zero-order valence-electron chi connectivity index (χ0n) is 9.30. The highest BCUT2D eigenvalue weighted by Gasteiger charge is 2.20. The van der Waals surface area contributed by atoms with Gasteiger partial charge in [-0.15, -0.1) is 0 Å². The van der Waals surface area contributed by atoms with Gasteiger partial charge in [-0.3, -0.25) is 4.79 Å². The number of anilines is 1. The van der Waals surface area contributed by atoms with Crippen LogP contribution in [0.3, 0.4) is 0 Å². The van der Waals surface area contributed by atoms with Gasteiger partial charge in [-0.2, -0.15) is 0 Å². The molecule has 1 fully saturated rings. The molecular weight excluding hydrogens is 395 g/mol. The van der Waals surface area contributed by atoms with Crippen molar-refractivity contribution in [3.8, 4) is 0 Å². The van der Waals surface area contributed by atoms with Crippen LogP contribution in [-0.4, -0.2) is 18.5 Å². The van der Waals surface area contributed by atoms with Gasteiger partial charge < -0.3 is 10.6 Å². The van der Waals surface area contributed by atoms with Crippen molar-refractivity contribution in [3.05, 3.63) is 26.2 Å². The van der Waals surface area contributed by atoms with Crippen LogP contribution < -0.4 is 10.6 Å². The zero-order chi connectivity index (χ0) is 12.3. The monoisotopic (exact) mass is 408 g/mol. The highest BCUT2D eigenvalue weighted by atomic mass is 127. The van der Waals surface area contributed by atoms with Gasteiger partial charge in [0.1, 0.15) is 6.04 Å². The average molecular weight is 409 g/mol. The minimum Gasteiger partial charge on any atom is -0.373 e. The summed E-state index contributed by atoms with van der Waals surface area (Å²) in [5, 5.41) is 6.23. The van der Waals surface area contributed by atoms with Gasteiger partial charge in [0.15, 0.2) is 0 Å². The van der Waals surface area contributed by atoms with E-state index in [9.17, 15) is 4.79 Å². The molecule has 1 atom stereocenters. The fourth-order valence-corrected chi connectivity index (χ4v) is 3.28. The SMILES string of the molecule is O=C1NCCCCC1Nc1ccc(I)cc1Br. The number of carbonyl (C=O) groups is 1. The van der Waals surface area contributed by atoms with Gasteiger partial charge in [-0.1, -0.05) is 0 Å². The Kier molecular flexibility index (Phi) is 4.67. The lowest BCUT2D eigenvalue weighted by molar-refractivity contribution is -0.121. The molecule has 0 bridgehead atoms. The molecule has 1 amide bonds. The Morgan fingerprint density at radius 2 is 2.24 bits per heavy atom. The topological polar surface area (TPSA) is 41.1 Å². The van der Waals surface area contributed by atoms with Crippen molar-refractivity contribution < 1.29 is 4.79 Å². The first-order valence-corrected chi connectivity index (χ1v) is 7.53. The highest BCUT2D eigenvalue weighted by molar-refractivity contribution is 14.1. The third-order valence-electron chi connectivity index (χ3n) is 2.80. The summed E-state index contributed by atoms with van der Waals surface area (Å²) in [5.41, 5.74) is 0.979. The fraction of sp³-hybridized carbons (Fsp3) is 0.417. The summed E-state index contributed by atoms with van der Waals surface area (Å²) in [4.78, 5) is 11.8. The molecule has 2 N–H and O–H groups in total. The second-order valence-electron chi connectivity index (χ2n) is 4.11. The van der Waals surface area contributed by atoms with Gasteiger partial charge in [0.25, 0.3) is 0 Å². The number of benzene rings is 1. The van der Waals surface area contributed by atoms with E-state index in [-0.39, 0.29) is 11.9 Å². The summed E-state index contributed by atoms with van der Waals surface area (Å²) >= 11 is 5.78. The summed E-state index contributed by atoms with van der Waals surface area (Å²) in [6, 6.07) is 5.96. The highest BCUT2D eigenvalue weighted by Crippen LogP contribution is 2.26. The molecule has 0 radical (unpaired) electrons. The maximum absolute atomic E-state index is 11.8. The van der Waals surface area contributed by atoms with Crippen LogP contribution in [0.25, 0.3) is 0 Å². The average Bonchev–Trinajstić information content (AvgIpc) is 2.48. The van der Waals surface area contributed by atoms with Crippen LogP contribution in [0.1, 0.15) is 19.3 Å². The smallest absolute Gasteiger partial charge is 0.242 e. The second kappa shape index (κ2) is 6.04. The van der Waals surface area contributed by atoms with Crippen molar-refractivity contribution in [1.29, 1.82) is 0 Å². The lowest BCUT2D eigenvalue weighted by atomic mass is 10.1. The lowest BCUT2D eigenvalue weighted by Crippen LogP contribution is -2.37. The number of nitrogens with one attached hydrogen (secondary N) is 2. The summed E-state index contributed by atoms with van der Waals surface area (Å²) in [6.45, 7) is 0.796. The molecule has 1 aliphatic heterocycles. The fourth-order valence-electron chi connectivity index (χ4n) is 1.87. The van der Waals surface area contributed by atoms with Crippen LogP contribution in [0.4, 0.5) is 5.69 Å². The van der Waals surface area contributed by atoms with E-state index in [0.29, 0.717) is 0 Å². The van der Waals surface area contributed by atoms with E-state index in [1.165, 1.54) is 3.57 Å². The Bertz CT molecular complexity index is 425. The van der Waals surface area contributed by atoms with Crippen LogP contribution in [0.15, 0.2) is 22.7 Å². The molecule has 1 saturated heterocycles. The molecule has 2 rings (SSSR count). The van der Waals surface area contributed by atoms with Gasteiger partial charge in [-0.25, -0.2) is 0 Å². The number of hydrogen-bond donors (Lipinski definition) is 2. The van der Waals surface area contributed by atoms with Crippen LogP contribution >= 0.6 is 38.5 Å². The van der Waals surface area contributed by atoms with Crippen LogP contribution in [-0.2, 0) is 4.79 Å². The largest absolute Gasteiger partial charge is 0.373 e. The number of carbonyl (C=O) groups excluding carboxylic acids is 1. The van der Waals surface area contributed by atoms with Crippen molar-refractivity contribution in [3.63, 3.8) is 0 Å². The van der Waals surface area contributed by atoms with Crippen LogP contribution in [0.5, 0.6) is 0 Å². The van der Waals surface area contributed by atoms with E-state index in [2.05, 4.69) is 49.2 Å². The summed E-state index contributed by atoms with van der Waals surface area (Å²) in [6.07, 6.45) is 3.04. The zero-order valence-corrected chi connectivity index (χ0v) is 13.0. The predicted molar refractivity (Wildman–Crippen MR) is 81.1 cm³/mol. The Labute approximate surface area is 123 Å². The molecule has 0 spiro atoms. The van der Waals surface area contributed by atoms with E-state index in [1.807, 2.05) is 18.2 Å². The van der Waals surface area contributed by atoms with E-state index in [0.717, 1.165) is 36.0 Å². The van der Waals surface area contributed by atoms with Gasteiger partial charge in [0.2, 0.25) is 5.91 Å². The molecule has 5 heteroatoms. The number of hydrogen-bond acceptors (Lipinski definition) is 2. The number of rotatable bonds is 2. The Hall–Kier alpha value is -0.300. The first kappa shape index (κ1) is 13.1. The number of halogens is 2. The van der Waals surface area contributed by atoms with Crippen molar-refractivity contribution in [1.82, 2.24) is 5.32 Å².